The Labute approximate surface area is 212 Å². The lowest BCUT2D eigenvalue weighted by atomic mass is 10.0. The molecule has 0 radical (unpaired) electrons. The zero-order chi connectivity index (χ0) is 24.6. The van der Waals surface area contributed by atoms with Gasteiger partial charge in [0.2, 0.25) is 10.0 Å². The summed E-state index contributed by atoms with van der Waals surface area (Å²) in [6.45, 7) is 1.43. The van der Waals surface area contributed by atoms with Crippen LogP contribution in [0.2, 0.25) is 0 Å². The zero-order valence-corrected chi connectivity index (χ0v) is 21.3. The zero-order valence-electron chi connectivity index (χ0n) is 18.8. The number of ether oxygens (including phenoxy) is 1. The van der Waals surface area contributed by atoms with Crippen LogP contribution in [0.15, 0.2) is 53.5 Å². The second-order valence-electron chi connectivity index (χ2n) is 7.36. The quantitative estimate of drug-likeness (QED) is 0.420. The molecular weight excluding hydrogens is 535 g/mol. The van der Waals surface area contributed by atoms with Gasteiger partial charge in [0.05, 0.1) is 6.54 Å². The molecule has 1 aromatic carbocycles. The maximum absolute atomic E-state index is 14.3. The average Bonchev–Trinajstić information content (AvgIpc) is 2.97. The van der Waals surface area contributed by atoms with E-state index in [-0.39, 0.29) is 42.8 Å². The van der Waals surface area contributed by atoms with Gasteiger partial charge in [-0.1, -0.05) is 0 Å². The molecule has 0 atom stereocenters. The molecule has 0 aliphatic rings. The number of sulfonamides is 1. The van der Waals surface area contributed by atoms with E-state index < -0.39 is 28.0 Å². The molecule has 0 saturated carbocycles. The van der Waals surface area contributed by atoms with Crippen LogP contribution in [0.5, 0.6) is 5.75 Å². The lowest BCUT2D eigenvalue weighted by Crippen LogP contribution is -2.22. The smallest absolute Gasteiger partial charge is 0.406 e. The Morgan fingerprint density at radius 1 is 1.20 bits per heavy atom. The predicted molar refractivity (Wildman–Crippen MR) is 130 cm³/mol. The Bertz CT molecular complexity index is 1330. The van der Waals surface area contributed by atoms with Gasteiger partial charge in [-0.25, -0.2) is 17.1 Å². The number of hydrogen-bond donors (Lipinski definition) is 1. The summed E-state index contributed by atoms with van der Waals surface area (Å²) in [5, 5.41) is 0.316. The van der Waals surface area contributed by atoms with Crippen LogP contribution < -0.4 is 10.5 Å². The number of allylic oxidation sites excluding steroid dienone is 1. The highest BCUT2D eigenvalue weighted by molar-refractivity contribution is 7.89. The number of aromatic nitrogens is 2. The fourth-order valence-electron chi connectivity index (χ4n) is 3.48. The van der Waals surface area contributed by atoms with Crippen molar-refractivity contribution < 1.29 is 30.7 Å². The molecule has 0 aliphatic heterocycles. The molecule has 2 N–H and O–H groups in total. The van der Waals surface area contributed by atoms with Crippen LogP contribution in [0.1, 0.15) is 5.69 Å². The number of rotatable bonds is 7. The monoisotopic (exact) mass is 558 g/mol. The van der Waals surface area contributed by atoms with Crippen molar-refractivity contribution in [3.8, 4) is 16.9 Å². The summed E-state index contributed by atoms with van der Waals surface area (Å²) in [6, 6.07) is 5.07. The minimum absolute atomic E-state index is 0. The van der Waals surface area contributed by atoms with Gasteiger partial charge in [0, 0.05) is 60.8 Å². The number of nitrogens with zero attached hydrogens (tertiary/aromatic N) is 3. The highest BCUT2D eigenvalue weighted by Gasteiger charge is 2.31. The van der Waals surface area contributed by atoms with E-state index in [4.69, 9.17) is 5.73 Å². The number of pyridine rings is 1. The van der Waals surface area contributed by atoms with Gasteiger partial charge < -0.3 is 15.0 Å². The third-order valence-corrected chi connectivity index (χ3v) is 6.74. The maximum Gasteiger partial charge on any atom is 0.573 e. The van der Waals surface area contributed by atoms with E-state index in [1.54, 1.807) is 11.5 Å². The molecule has 0 aliphatic carbocycles. The molecule has 14 heteroatoms. The molecule has 7 nitrogen and oxygen atoms in total. The lowest BCUT2D eigenvalue weighted by molar-refractivity contribution is -0.274. The first kappa shape index (κ1) is 30.7. The summed E-state index contributed by atoms with van der Waals surface area (Å²) in [4.78, 5) is 3.92. The number of benzene rings is 1. The molecule has 194 valence electrons. The summed E-state index contributed by atoms with van der Waals surface area (Å²) >= 11 is 0. The number of halogens is 6. The van der Waals surface area contributed by atoms with Crippen molar-refractivity contribution in [3.05, 3.63) is 54.3 Å². The summed E-state index contributed by atoms with van der Waals surface area (Å²) in [6.07, 6.45) is -1.14. The summed E-state index contributed by atoms with van der Waals surface area (Å²) in [5.74, 6) is -0.988. The standard InChI is InChI=1S/C21H22F4N4O3S.2ClH/c1-13-20(14-8-17(11-27-10-14)33(30,31)28(2)3)18-9-16(32-21(23,24)25)4-5-19(18)29(13)12-15(22)6-7-26;;/h4-6,8-11H,7,12,26H2,1-3H3;2*1H. The van der Waals surface area contributed by atoms with E-state index in [1.807, 2.05) is 0 Å². The first-order chi connectivity index (χ1) is 15.3. The van der Waals surface area contributed by atoms with Gasteiger partial charge in [0.25, 0.3) is 0 Å². The second kappa shape index (κ2) is 11.6. The van der Waals surface area contributed by atoms with Crippen molar-refractivity contribution in [2.75, 3.05) is 20.6 Å². The Balaban J connectivity index is 0.00000306. The van der Waals surface area contributed by atoms with E-state index in [1.165, 1.54) is 50.8 Å². The summed E-state index contributed by atoms with van der Waals surface area (Å²) < 4.78 is 84.4. The van der Waals surface area contributed by atoms with Crippen molar-refractivity contribution >= 4 is 45.7 Å². The molecule has 0 fully saturated rings. The van der Waals surface area contributed by atoms with Crippen molar-refractivity contribution in [1.82, 2.24) is 13.9 Å². The van der Waals surface area contributed by atoms with E-state index in [9.17, 15) is 26.0 Å². The topological polar surface area (TPSA) is 90.5 Å². The number of fused-ring (bicyclic) bond motifs is 1. The highest BCUT2D eigenvalue weighted by atomic mass is 35.5. The summed E-state index contributed by atoms with van der Waals surface area (Å²) in [5.41, 5.74) is 7.04. The molecule has 0 bridgehead atoms. The molecule has 0 spiro atoms. The van der Waals surface area contributed by atoms with E-state index in [2.05, 4.69) is 9.72 Å². The molecule has 2 heterocycles. The maximum atomic E-state index is 14.3. The van der Waals surface area contributed by atoms with Crippen molar-refractivity contribution in [1.29, 1.82) is 0 Å². The largest absolute Gasteiger partial charge is 0.573 e. The Hall–Kier alpha value is -2.38. The van der Waals surface area contributed by atoms with E-state index >= 15 is 0 Å². The molecule has 35 heavy (non-hydrogen) atoms. The Morgan fingerprint density at radius 3 is 2.43 bits per heavy atom. The van der Waals surface area contributed by atoms with Gasteiger partial charge in [0.15, 0.2) is 0 Å². The molecule has 3 rings (SSSR count). The van der Waals surface area contributed by atoms with Crippen molar-refractivity contribution in [3.63, 3.8) is 0 Å². The van der Waals surface area contributed by atoms with Gasteiger partial charge in [-0.3, -0.25) is 4.98 Å². The minimum atomic E-state index is -4.90. The predicted octanol–water partition coefficient (Wildman–Crippen LogP) is 4.82. The van der Waals surface area contributed by atoms with Gasteiger partial charge in [-0.15, -0.1) is 38.0 Å². The second-order valence-corrected chi connectivity index (χ2v) is 9.51. The van der Waals surface area contributed by atoms with Crippen LogP contribution in [0.3, 0.4) is 0 Å². The third kappa shape index (κ3) is 6.64. The van der Waals surface area contributed by atoms with Gasteiger partial charge in [-0.2, -0.15) is 0 Å². The number of nitrogens with two attached hydrogens (primary N) is 1. The van der Waals surface area contributed by atoms with Crippen LogP contribution in [0.4, 0.5) is 17.6 Å². The molecule has 0 amide bonds. The summed E-state index contributed by atoms with van der Waals surface area (Å²) in [7, 11) is -1.08. The van der Waals surface area contributed by atoms with E-state index in [0.717, 1.165) is 10.4 Å². The lowest BCUT2D eigenvalue weighted by Gasteiger charge is -2.12. The van der Waals surface area contributed by atoms with Crippen molar-refractivity contribution in [2.45, 2.75) is 24.7 Å². The average molecular weight is 559 g/mol. The van der Waals surface area contributed by atoms with Crippen LogP contribution >= 0.6 is 24.8 Å². The number of hydrogen-bond acceptors (Lipinski definition) is 5. The van der Waals surface area contributed by atoms with Crippen molar-refractivity contribution in [2.24, 2.45) is 5.73 Å². The van der Waals surface area contributed by atoms with E-state index in [0.29, 0.717) is 27.7 Å². The van der Waals surface area contributed by atoms with Crippen LogP contribution in [0, 0.1) is 6.92 Å². The fraction of sp³-hybridized carbons (Fsp3) is 0.286. The Morgan fingerprint density at radius 2 is 1.86 bits per heavy atom. The minimum Gasteiger partial charge on any atom is -0.406 e. The molecule has 0 unspecified atom stereocenters. The normalized spacial score (nSPS) is 12.4. The van der Waals surface area contributed by atoms with Crippen LogP contribution in [0.25, 0.3) is 22.0 Å². The molecule has 0 saturated heterocycles. The molecule has 3 aromatic rings. The van der Waals surface area contributed by atoms with Gasteiger partial charge in [0.1, 0.15) is 16.5 Å². The molecular formula is C21H24Cl2F4N4O3S. The van der Waals surface area contributed by atoms with Gasteiger partial charge in [-0.05, 0) is 37.3 Å². The Kier molecular flexibility index (Phi) is 10.1. The van der Waals surface area contributed by atoms with Gasteiger partial charge >= 0.3 is 6.36 Å². The van der Waals surface area contributed by atoms with Crippen LogP contribution in [-0.4, -0.2) is 49.3 Å². The molecule has 2 aromatic heterocycles. The first-order valence-electron chi connectivity index (χ1n) is 9.66. The highest BCUT2D eigenvalue weighted by Crippen LogP contribution is 2.38. The SMILES string of the molecule is Cc1c(-c2cncc(S(=O)(=O)N(C)C)c2)c2cc(OC(F)(F)F)ccc2n1CC(F)=CCN.Cl.Cl. The third-order valence-electron chi connectivity index (χ3n) is 4.96. The van der Waals surface area contributed by atoms with Crippen LogP contribution in [-0.2, 0) is 16.6 Å². The number of alkyl halides is 3. The fourth-order valence-corrected chi connectivity index (χ4v) is 4.37. The first-order valence-corrected chi connectivity index (χ1v) is 11.1.